The Bertz CT molecular complexity index is 639. The molecule has 0 unspecified atom stereocenters. The van der Waals surface area contributed by atoms with Gasteiger partial charge in [0.15, 0.2) is 11.5 Å². The molecular weight excluding hydrogens is 310 g/mol. The maximum atomic E-state index is 5.44. The number of hydrogen-bond donors (Lipinski definition) is 0. The molecule has 2 aromatic rings. The van der Waals surface area contributed by atoms with Crippen molar-refractivity contribution in [3.63, 3.8) is 0 Å². The molecule has 0 amide bonds. The van der Waals surface area contributed by atoms with E-state index < -0.39 is 0 Å². The van der Waals surface area contributed by atoms with E-state index in [0.717, 1.165) is 17.9 Å². The highest BCUT2D eigenvalue weighted by Gasteiger charge is 2.09. The van der Waals surface area contributed by atoms with E-state index in [1.165, 1.54) is 74.3 Å². The van der Waals surface area contributed by atoms with E-state index >= 15 is 0 Å². The summed E-state index contributed by atoms with van der Waals surface area (Å²) < 4.78 is 10.8. The van der Waals surface area contributed by atoms with Crippen molar-refractivity contribution in [2.45, 2.75) is 71.1 Å². The van der Waals surface area contributed by atoms with Crippen molar-refractivity contribution in [2.24, 2.45) is 0 Å². The zero-order chi connectivity index (χ0) is 17.9. The zero-order valence-electron chi connectivity index (χ0n) is 16.1. The van der Waals surface area contributed by atoms with E-state index in [0.29, 0.717) is 0 Å². The molecule has 2 rings (SSSR count). The van der Waals surface area contributed by atoms with Gasteiger partial charge in [0.1, 0.15) is 0 Å². The van der Waals surface area contributed by atoms with Gasteiger partial charge in [-0.15, -0.1) is 0 Å². The van der Waals surface area contributed by atoms with Crippen LogP contribution in [0, 0.1) is 0 Å². The lowest BCUT2D eigenvalue weighted by atomic mass is 10.0. The predicted molar refractivity (Wildman–Crippen MR) is 106 cm³/mol. The molecule has 0 aliphatic carbocycles. The summed E-state index contributed by atoms with van der Waals surface area (Å²) in [6, 6.07) is 6.14. The van der Waals surface area contributed by atoms with E-state index in [1.54, 1.807) is 14.2 Å². The minimum atomic E-state index is 0.773. The van der Waals surface area contributed by atoms with Gasteiger partial charge < -0.3 is 9.47 Å². The van der Waals surface area contributed by atoms with Crippen LogP contribution in [0.1, 0.15) is 70.4 Å². The number of methoxy groups -OCH3 is 2. The molecule has 3 heteroatoms. The van der Waals surface area contributed by atoms with Gasteiger partial charge in [0.2, 0.25) is 0 Å². The van der Waals surface area contributed by atoms with Crippen LogP contribution in [0.2, 0.25) is 0 Å². The van der Waals surface area contributed by atoms with Crippen LogP contribution in [0.5, 0.6) is 11.5 Å². The number of ether oxygens (including phenoxy) is 2. The second-order valence-corrected chi connectivity index (χ2v) is 6.76. The molecule has 138 valence electrons. The summed E-state index contributed by atoms with van der Waals surface area (Å²) in [5.74, 6) is 1.55. The molecule has 0 N–H and O–H groups in total. The van der Waals surface area contributed by atoms with Crippen LogP contribution < -0.4 is 9.47 Å². The fraction of sp³-hybridized carbons (Fsp3) is 0.591. The van der Waals surface area contributed by atoms with Crippen LogP contribution >= 0.6 is 0 Å². The van der Waals surface area contributed by atoms with Gasteiger partial charge in [0, 0.05) is 17.3 Å². The number of hydrogen-bond acceptors (Lipinski definition) is 3. The van der Waals surface area contributed by atoms with Gasteiger partial charge in [0.25, 0.3) is 0 Å². The number of rotatable bonds is 12. The lowest BCUT2D eigenvalue weighted by molar-refractivity contribution is 0.356. The zero-order valence-corrected chi connectivity index (χ0v) is 16.1. The first kappa shape index (κ1) is 19.6. The average Bonchev–Trinajstić information content (AvgIpc) is 2.65. The summed E-state index contributed by atoms with van der Waals surface area (Å²) in [7, 11) is 3.36. The summed E-state index contributed by atoms with van der Waals surface area (Å²) >= 11 is 0. The molecule has 0 aliphatic heterocycles. The van der Waals surface area contributed by atoms with Crippen LogP contribution in [0.4, 0.5) is 0 Å². The molecule has 0 aliphatic rings. The number of benzene rings is 1. The standard InChI is InChI=1S/C22H33NO2/c1-4-5-6-7-8-9-10-11-12-13-20-19-17-22(25-3)21(24-2)16-18(19)14-15-23-20/h14-17H,4-13H2,1-3H3. The highest BCUT2D eigenvalue weighted by Crippen LogP contribution is 2.33. The monoisotopic (exact) mass is 343 g/mol. The Morgan fingerprint density at radius 1 is 0.800 bits per heavy atom. The van der Waals surface area contributed by atoms with Gasteiger partial charge >= 0.3 is 0 Å². The van der Waals surface area contributed by atoms with E-state index in [4.69, 9.17) is 9.47 Å². The van der Waals surface area contributed by atoms with E-state index in [-0.39, 0.29) is 0 Å². The molecular formula is C22H33NO2. The normalized spacial score (nSPS) is 11.0. The van der Waals surface area contributed by atoms with Gasteiger partial charge in [0.05, 0.1) is 14.2 Å². The quantitative estimate of drug-likeness (QED) is 0.422. The molecule has 0 fully saturated rings. The number of pyridine rings is 1. The average molecular weight is 344 g/mol. The Balaban J connectivity index is 1.85. The fourth-order valence-electron chi connectivity index (χ4n) is 3.36. The number of unbranched alkanes of at least 4 members (excludes halogenated alkanes) is 8. The second kappa shape index (κ2) is 11.0. The van der Waals surface area contributed by atoms with Crippen LogP contribution in [0.3, 0.4) is 0 Å². The predicted octanol–water partition coefficient (Wildman–Crippen LogP) is 6.33. The molecule has 1 aromatic heterocycles. The maximum Gasteiger partial charge on any atom is 0.161 e. The highest BCUT2D eigenvalue weighted by atomic mass is 16.5. The van der Waals surface area contributed by atoms with Gasteiger partial charge in [-0.3, -0.25) is 4.98 Å². The van der Waals surface area contributed by atoms with Gasteiger partial charge in [-0.2, -0.15) is 0 Å². The SMILES string of the molecule is CCCCCCCCCCCc1nccc2cc(OC)c(OC)cc12. The van der Waals surface area contributed by atoms with Gasteiger partial charge in [-0.25, -0.2) is 0 Å². The largest absolute Gasteiger partial charge is 0.493 e. The lowest BCUT2D eigenvalue weighted by Crippen LogP contribution is -1.95. The first-order valence-corrected chi connectivity index (χ1v) is 9.79. The molecule has 0 radical (unpaired) electrons. The molecule has 3 nitrogen and oxygen atoms in total. The third kappa shape index (κ3) is 5.91. The van der Waals surface area contributed by atoms with E-state index in [1.807, 2.05) is 18.3 Å². The molecule has 0 saturated heterocycles. The first-order valence-electron chi connectivity index (χ1n) is 9.79. The summed E-state index contributed by atoms with van der Waals surface area (Å²) in [6.07, 6.45) is 15.1. The van der Waals surface area contributed by atoms with Crippen molar-refractivity contribution >= 4 is 10.8 Å². The topological polar surface area (TPSA) is 31.4 Å². The summed E-state index contributed by atoms with van der Waals surface area (Å²) in [5, 5.41) is 2.35. The third-order valence-corrected chi connectivity index (χ3v) is 4.87. The van der Waals surface area contributed by atoms with Crippen molar-refractivity contribution in [3.05, 3.63) is 30.1 Å². The van der Waals surface area contributed by atoms with Crippen molar-refractivity contribution < 1.29 is 9.47 Å². The molecule has 0 spiro atoms. The second-order valence-electron chi connectivity index (χ2n) is 6.76. The Morgan fingerprint density at radius 2 is 1.40 bits per heavy atom. The fourth-order valence-corrected chi connectivity index (χ4v) is 3.36. The molecule has 25 heavy (non-hydrogen) atoms. The minimum absolute atomic E-state index is 0.773. The van der Waals surface area contributed by atoms with E-state index in [9.17, 15) is 0 Å². The Morgan fingerprint density at radius 3 is 2.04 bits per heavy atom. The lowest BCUT2D eigenvalue weighted by Gasteiger charge is -2.11. The van der Waals surface area contributed by atoms with Crippen molar-refractivity contribution in [3.8, 4) is 11.5 Å². The molecule has 1 heterocycles. The molecule has 0 bridgehead atoms. The Hall–Kier alpha value is -1.77. The first-order chi connectivity index (χ1) is 12.3. The number of aromatic nitrogens is 1. The smallest absolute Gasteiger partial charge is 0.161 e. The van der Waals surface area contributed by atoms with E-state index in [2.05, 4.69) is 18.0 Å². The number of aryl methyl sites for hydroxylation is 1. The summed E-state index contributed by atoms with van der Waals surface area (Å²) in [4.78, 5) is 4.61. The van der Waals surface area contributed by atoms with Gasteiger partial charge in [-0.1, -0.05) is 58.3 Å². The van der Waals surface area contributed by atoms with Gasteiger partial charge in [-0.05, 0) is 36.4 Å². The third-order valence-electron chi connectivity index (χ3n) is 4.87. The van der Waals surface area contributed by atoms with Crippen molar-refractivity contribution in [1.82, 2.24) is 4.98 Å². The van der Waals surface area contributed by atoms with Crippen LogP contribution in [0.15, 0.2) is 24.4 Å². The summed E-state index contributed by atoms with van der Waals surface area (Å²) in [5.41, 5.74) is 1.17. The van der Waals surface area contributed by atoms with Crippen LogP contribution in [0.25, 0.3) is 10.8 Å². The highest BCUT2D eigenvalue weighted by molar-refractivity contribution is 5.87. The molecule has 1 aromatic carbocycles. The Kier molecular flexibility index (Phi) is 8.58. The molecule has 0 saturated carbocycles. The van der Waals surface area contributed by atoms with Crippen LogP contribution in [-0.2, 0) is 6.42 Å². The Labute approximate surface area is 152 Å². The maximum absolute atomic E-state index is 5.44. The van der Waals surface area contributed by atoms with Crippen LogP contribution in [-0.4, -0.2) is 19.2 Å². The molecule has 0 atom stereocenters. The van der Waals surface area contributed by atoms with Crippen molar-refractivity contribution in [2.75, 3.05) is 14.2 Å². The summed E-state index contributed by atoms with van der Waals surface area (Å²) in [6.45, 7) is 2.27. The van der Waals surface area contributed by atoms with Crippen molar-refractivity contribution in [1.29, 1.82) is 0 Å². The number of fused-ring (bicyclic) bond motifs is 1. The number of nitrogens with zero attached hydrogens (tertiary/aromatic N) is 1. The minimum Gasteiger partial charge on any atom is -0.493 e.